The Morgan fingerprint density at radius 2 is 1.69 bits per heavy atom. The van der Waals surface area contributed by atoms with Crippen molar-refractivity contribution < 1.29 is 17.9 Å². The van der Waals surface area contributed by atoms with Gasteiger partial charge in [-0.3, -0.25) is 4.79 Å². The molecule has 0 saturated heterocycles. The van der Waals surface area contributed by atoms with Crippen molar-refractivity contribution in [1.82, 2.24) is 4.90 Å². The number of benzene rings is 2. The molecule has 0 aliphatic heterocycles. The fraction of sp³-hybridized carbons (Fsp3) is 0.350. The number of amides is 1. The third-order valence-corrected chi connectivity index (χ3v) is 5.50. The van der Waals surface area contributed by atoms with Crippen molar-refractivity contribution in [2.75, 3.05) is 13.3 Å². The van der Waals surface area contributed by atoms with E-state index in [2.05, 4.69) is 0 Å². The molecule has 2 aromatic carbocycles. The first kappa shape index (κ1) is 20.0. The number of rotatable bonds is 6. The molecule has 26 heavy (non-hydrogen) atoms. The van der Waals surface area contributed by atoms with E-state index < -0.39 is 15.9 Å². The fourth-order valence-corrected chi connectivity index (χ4v) is 3.27. The lowest BCUT2D eigenvalue weighted by molar-refractivity contribution is -0.138. The summed E-state index contributed by atoms with van der Waals surface area (Å²) in [6.07, 6.45) is 0.547. The highest BCUT2D eigenvalue weighted by Crippen LogP contribution is 2.22. The summed E-state index contributed by atoms with van der Waals surface area (Å²) in [7, 11) is -1.52. The molecule has 1 amide bonds. The van der Waals surface area contributed by atoms with Crippen molar-refractivity contribution in [3.05, 3.63) is 59.7 Å². The predicted octanol–water partition coefficient (Wildman–Crippen LogP) is 3.39. The Morgan fingerprint density at radius 1 is 1.08 bits per heavy atom. The lowest BCUT2D eigenvalue weighted by Crippen LogP contribution is -2.39. The van der Waals surface area contributed by atoms with Gasteiger partial charge in [0.2, 0.25) is 0 Å². The van der Waals surface area contributed by atoms with Crippen LogP contribution in [-0.2, 0) is 14.6 Å². The van der Waals surface area contributed by atoms with Crippen LogP contribution in [0.4, 0.5) is 0 Å². The Morgan fingerprint density at radius 3 is 2.23 bits per heavy atom. The quantitative estimate of drug-likeness (QED) is 0.776. The van der Waals surface area contributed by atoms with Gasteiger partial charge in [-0.15, -0.1) is 0 Å². The molecule has 0 aliphatic rings. The first-order chi connectivity index (χ1) is 12.1. The van der Waals surface area contributed by atoms with E-state index in [1.165, 1.54) is 6.26 Å². The van der Waals surface area contributed by atoms with Gasteiger partial charge in [0.05, 0.1) is 10.9 Å². The number of hydrogen-bond donors (Lipinski definition) is 0. The van der Waals surface area contributed by atoms with Crippen molar-refractivity contribution in [3.8, 4) is 5.75 Å². The number of likely N-dealkylation sites (N-methyl/N-ethyl adjacent to an activating group) is 1. The molecule has 0 fully saturated rings. The second kappa shape index (κ2) is 7.91. The summed E-state index contributed by atoms with van der Waals surface area (Å²) in [5, 5.41) is 0. The van der Waals surface area contributed by atoms with Gasteiger partial charge >= 0.3 is 0 Å². The molecule has 0 bridgehead atoms. The molecule has 2 aromatic rings. The highest BCUT2D eigenvalue weighted by Gasteiger charge is 2.24. The minimum Gasteiger partial charge on any atom is -0.481 e. The minimum atomic E-state index is -3.23. The van der Waals surface area contributed by atoms with E-state index in [9.17, 15) is 13.2 Å². The van der Waals surface area contributed by atoms with Crippen LogP contribution in [0.15, 0.2) is 53.4 Å². The van der Waals surface area contributed by atoms with E-state index in [4.69, 9.17) is 4.74 Å². The van der Waals surface area contributed by atoms with Crippen molar-refractivity contribution in [2.24, 2.45) is 0 Å². The summed E-state index contributed by atoms with van der Waals surface area (Å²) in [6.45, 7) is 5.58. The highest BCUT2D eigenvalue weighted by atomic mass is 32.2. The summed E-state index contributed by atoms with van der Waals surface area (Å²) in [6, 6.07) is 13.9. The molecular formula is C20H25NO4S. The Hall–Kier alpha value is -2.34. The van der Waals surface area contributed by atoms with Gasteiger partial charge < -0.3 is 9.64 Å². The third kappa shape index (κ3) is 4.85. The maximum Gasteiger partial charge on any atom is 0.263 e. The second-order valence-corrected chi connectivity index (χ2v) is 8.56. The van der Waals surface area contributed by atoms with Gasteiger partial charge in [0.1, 0.15) is 5.75 Å². The van der Waals surface area contributed by atoms with Crippen LogP contribution in [0.2, 0.25) is 0 Å². The standard InChI is InChI=1S/C20H25NO4S/c1-14-7-6-8-18(13-14)25-16(3)20(22)21(4)15(2)17-9-11-19(12-10-17)26(5,23)24/h6-13,15-16H,1-5H3. The minimum absolute atomic E-state index is 0.147. The molecule has 2 rings (SSSR count). The van der Waals surface area contributed by atoms with Crippen LogP contribution in [0.1, 0.15) is 31.0 Å². The number of sulfone groups is 1. The van der Waals surface area contributed by atoms with Crippen LogP contribution in [-0.4, -0.2) is 38.6 Å². The van der Waals surface area contributed by atoms with E-state index in [0.29, 0.717) is 5.75 Å². The number of nitrogens with zero attached hydrogens (tertiary/aromatic N) is 1. The molecule has 0 heterocycles. The van der Waals surface area contributed by atoms with Crippen LogP contribution < -0.4 is 4.74 Å². The summed E-state index contributed by atoms with van der Waals surface area (Å²) in [5.41, 5.74) is 1.92. The molecule has 0 aliphatic carbocycles. The Labute approximate surface area is 155 Å². The van der Waals surface area contributed by atoms with Gasteiger partial charge in [-0.05, 0) is 56.2 Å². The topological polar surface area (TPSA) is 63.7 Å². The Balaban J connectivity index is 2.08. The zero-order valence-corrected chi connectivity index (χ0v) is 16.6. The molecular weight excluding hydrogens is 350 g/mol. The van der Waals surface area contributed by atoms with E-state index in [1.54, 1.807) is 43.1 Å². The Bertz CT molecular complexity index is 875. The highest BCUT2D eigenvalue weighted by molar-refractivity contribution is 7.90. The fourth-order valence-electron chi connectivity index (χ4n) is 2.64. The van der Waals surface area contributed by atoms with Crippen molar-refractivity contribution in [1.29, 1.82) is 0 Å². The third-order valence-electron chi connectivity index (χ3n) is 4.37. The van der Waals surface area contributed by atoms with Gasteiger partial charge in [0.15, 0.2) is 15.9 Å². The SMILES string of the molecule is Cc1cccc(OC(C)C(=O)N(C)C(C)c2ccc(S(C)(=O)=O)cc2)c1. The molecule has 2 unspecified atom stereocenters. The average molecular weight is 375 g/mol. The Kier molecular flexibility index (Phi) is 6.08. The monoisotopic (exact) mass is 375 g/mol. The lowest BCUT2D eigenvalue weighted by Gasteiger charge is -2.28. The maximum atomic E-state index is 12.7. The molecule has 5 nitrogen and oxygen atoms in total. The number of carbonyl (C=O) groups excluding carboxylic acids is 1. The van der Waals surface area contributed by atoms with Gasteiger partial charge in [0.25, 0.3) is 5.91 Å². The summed E-state index contributed by atoms with van der Waals surface area (Å²) >= 11 is 0. The number of hydrogen-bond acceptors (Lipinski definition) is 4. The zero-order chi connectivity index (χ0) is 19.5. The van der Waals surface area contributed by atoms with Crippen LogP contribution in [0, 0.1) is 6.92 Å². The maximum absolute atomic E-state index is 12.7. The molecule has 140 valence electrons. The van der Waals surface area contributed by atoms with Crippen LogP contribution in [0.3, 0.4) is 0 Å². The largest absolute Gasteiger partial charge is 0.481 e. The number of aryl methyl sites for hydroxylation is 1. The molecule has 0 radical (unpaired) electrons. The van der Waals surface area contributed by atoms with Crippen molar-refractivity contribution in [3.63, 3.8) is 0 Å². The summed E-state index contributed by atoms with van der Waals surface area (Å²) in [4.78, 5) is 14.5. The van der Waals surface area contributed by atoms with Crippen LogP contribution in [0.5, 0.6) is 5.75 Å². The molecule has 0 spiro atoms. The predicted molar refractivity (Wildman–Crippen MR) is 102 cm³/mol. The van der Waals surface area contributed by atoms with Crippen molar-refractivity contribution >= 4 is 15.7 Å². The van der Waals surface area contributed by atoms with E-state index in [0.717, 1.165) is 11.1 Å². The molecule has 0 saturated carbocycles. The molecule has 2 atom stereocenters. The average Bonchev–Trinajstić information content (AvgIpc) is 2.59. The normalized spacial score (nSPS) is 13.7. The summed E-state index contributed by atoms with van der Waals surface area (Å²) in [5.74, 6) is 0.510. The molecule has 6 heteroatoms. The summed E-state index contributed by atoms with van der Waals surface area (Å²) < 4.78 is 28.9. The van der Waals surface area contributed by atoms with Crippen LogP contribution >= 0.6 is 0 Å². The lowest BCUT2D eigenvalue weighted by atomic mass is 10.1. The van der Waals surface area contributed by atoms with E-state index in [1.807, 2.05) is 38.1 Å². The number of carbonyl (C=O) groups is 1. The van der Waals surface area contributed by atoms with Crippen LogP contribution in [0.25, 0.3) is 0 Å². The first-order valence-electron chi connectivity index (χ1n) is 8.39. The van der Waals surface area contributed by atoms with E-state index >= 15 is 0 Å². The van der Waals surface area contributed by atoms with Gasteiger partial charge in [0, 0.05) is 13.3 Å². The second-order valence-electron chi connectivity index (χ2n) is 6.54. The van der Waals surface area contributed by atoms with Gasteiger partial charge in [-0.1, -0.05) is 24.3 Å². The van der Waals surface area contributed by atoms with Crippen molar-refractivity contribution in [2.45, 2.75) is 37.8 Å². The number of ether oxygens (including phenoxy) is 1. The van der Waals surface area contributed by atoms with Gasteiger partial charge in [-0.2, -0.15) is 0 Å². The van der Waals surface area contributed by atoms with E-state index in [-0.39, 0.29) is 16.8 Å². The van der Waals surface area contributed by atoms with Gasteiger partial charge in [-0.25, -0.2) is 8.42 Å². The smallest absolute Gasteiger partial charge is 0.263 e. The first-order valence-corrected chi connectivity index (χ1v) is 10.3. The molecule has 0 aromatic heterocycles. The molecule has 0 N–H and O–H groups in total. The zero-order valence-electron chi connectivity index (χ0n) is 15.8.